The van der Waals surface area contributed by atoms with Gasteiger partial charge in [-0.05, 0) is 43.4 Å². The van der Waals surface area contributed by atoms with Crippen LogP contribution in [-0.4, -0.2) is 44.4 Å². The van der Waals surface area contributed by atoms with Gasteiger partial charge in [0, 0.05) is 19.6 Å². The molecule has 0 aromatic heterocycles. The number of piperidine rings is 1. The molecule has 2 rings (SSSR count). The van der Waals surface area contributed by atoms with E-state index in [1.165, 1.54) is 0 Å². The fourth-order valence-electron chi connectivity index (χ4n) is 3.04. The smallest absolute Gasteiger partial charge is 0.224 e. The highest BCUT2D eigenvalue weighted by molar-refractivity contribution is 5.77. The number of carbonyl (C=O) groups is 1. The number of benzene rings is 1. The van der Waals surface area contributed by atoms with Gasteiger partial charge in [-0.3, -0.25) is 4.79 Å². The Morgan fingerprint density at radius 2 is 1.96 bits per heavy atom. The van der Waals surface area contributed by atoms with E-state index in [1.807, 2.05) is 30.0 Å². The monoisotopic (exact) mass is 321 g/mol. The second kappa shape index (κ2) is 8.20. The van der Waals surface area contributed by atoms with Crippen molar-refractivity contribution in [2.45, 2.75) is 39.3 Å². The van der Waals surface area contributed by atoms with Crippen LogP contribution >= 0.6 is 0 Å². The standard InChI is InChI=1S/C18H27NO4/c1-5-23-18-11-13(2)10-17(20)19(18)9-8-14-6-7-15(21-3)16(12-14)22-4/h6-7,12-13,18H,5,8-11H2,1-4H3. The van der Waals surface area contributed by atoms with E-state index in [4.69, 9.17) is 14.2 Å². The zero-order valence-corrected chi connectivity index (χ0v) is 14.5. The average molecular weight is 321 g/mol. The van der Waals surface area contributed by atoms with Crippen LogP contribution in [0.4, 0.5) is 0 Å². The van der Waals surface area contributed by atoms with E-state index in [-0.39, 0.29) is 12.1 Å². The molecule has 0 saturated carbocycles. The number of carbonyl (C=O) groups excluding carboxylic acids is 1. The van der Waals surface area contributed by atoms with E-state index in [9.17, 15) is 4.79 Å². The Morgan fingerprint density at radius 1 is 1.22 bits per heavy atom. The van der Waals surface area contributed by atoms with Crippen molar-refractivity contribution in [2.75, 3.05) is 27.4 Å². The summed E-state index contributed by atoms with van der Waals surface area (Å²) in [4.78, 5) is 14.2. The Hall–Kier alpha value is -1.75. The van der Waals surface area contributed by atoms with Crippen LogP contribution < -0.4 is 9.47 Å². The molecule has 0 N–H and O–H groups in total. The molecule has 1 saturated heterocycles. The SMILES string of the molecule is CCOC1CC(C)CC(=O)N1CCc1ccc(OC)c(OC)c1. The van der Waals surface area contributed by atoms with Crippen molar-refractivity contribution < 1.29 is 19.0 Å². The van der Waals surface area contributed by atoms with Gasteiger partial charge < -0.3 is 19.1 Å². The lowest BCUT2D eigenvalue weighted by molar-refractivity contribution is -0.156. The molecule has 2 unspecified atom stereocenters. The molecule has 5 nitrogen and oxygen atoms in total. The quantitative estimate of drug-likeness (QED) is 0.775. The van der Waals surface area contributed by atoms with E-state index in [0.29, 0.717) is 37.0 Å². The Labute approximate surface area is 138 Å². The predicted molar refractivity (Wildman–Crippen MR) is 88.8 cm³/mol. The van der Waals surface area contributed by atoms with Gasteiger partial charge in [-0.2, -0.15) is 0 Å². The average Bonchev–Trinajstić information content (AvgIpc) is 2.54. The van der Waals surface area contributed by atoms with Crippen molar-refractivity contribution in [1.29, 1.82) is 0 Å². The van der Waals surface area contributed by atoms with Crippen molar-refractivity contribution in [3.8, 4) is 11.5 Å². The summed E-state index contributed by atoms with van der Waals surface area (Å²) in [5, 5.41) is 0. The van der Waals surface area contributed by atoms with Gasteiger partial charge in [0.15, 0.2) is 11.5 Å². The molecule has 1 aromatic rings. The molecule has 0 bridgehead atoms. The van der Waals surface area contributed by atoms with Crippen molar-refractivity contribution in [3.63, 3.8) is 0 Å². The number of methoxy groups -OCH3 is 2. The molecule has 5 heteroatoms. The van der Waals surface area contributed by atoms with Gasteiger partial charge in [-0.25, -0.2) is 0 Å². The van der Waals surface area contributed by atoms with Gasteiger partial charge in [0.1, 0.15) is 6.23 Å². The first-order chi connectivity index (χ1) is 11.1. The first kappa shape index (κ1) is 17.6. The first-order valence-electron chi connectivity index (χ1n) is 8.21. The third-order valence-electron chi connectivity index (χ3n) is 4.24. The highest BCUT2D eigenvalue weighted by Crippen LogP contribution is 2.29. The van der Waals surface area contributed by atoms with Crippen LogP contribution in [0.5, 0.6) is 11.5 Å². The molecule has 1 aliphatic rings. The van der Waals surface area contributed by atoms with Gasteiger partial charge in [0.25, 0.3) is 0 Å². The minimum absolute atomic E-state index is 0.101. The maximum atomic E-state index is 12.3. The summed E-state index contributed by atoms with van der Waals surface area (Å²) in [5.41, 5.74) is 1.12. The molecule has 0 aliphatic carbocycles. The number of hydrogen-bond acceptors (Lipinski definition) is 4. The molecule has 0 radical (unpaired) electrons. The first-order valence-corrected chi connectivity index (χ1v) is 8.21. The van der Waals surface area contributed by atoms with Crippen LogP contribution in [0, 0.1) is 5.92 Å². The number of likely N-dealkylation sites (tertiary alicyclic amines) is 1. The maximum Gasteiger partial charge on any atom is 0.224 e. The minimum Gasteiger partial charge on any atom is -0.493 e. The van der Waals surface area contributed by atoms with Crippen LogP contribution in [-0.2, 0) is 16.0 Å². The molecule has 1 heterocycles. The van der Waals surface area contributed by atoms with Crippen LogP contribution in [0.15, 0.2) is 18.2 Å². The molecule has 0 spiro atoms. The summed E-state index contributed by atoms with van der Waals surface area (Å²) in [6, 6.07) is 5.87. The highest BCUT2D eigenvalue weighted by Gasteiger charge is 2.31. The Bertz CT molecular complexity index is 532. The number of rotatable bonds is 7. The number of nitrogens with zero attached hydrogens (tertiary/aromatic N) is 1. The normalized spacial score (nSPS) is 21.4. The third-order valence-corrected chi connectivity index (χ3v) is 4.24. The van der Waals surface area contributed by atoms with E-state index in [2.05, 4.69) is 6.92 Å². The largest absolute Gasteiger partial charge is 0.493 e. The summed E-state index contributed by atoms with van der Waals surface area (Å²) >= 11 is 0. The van der Waals surface area contributed by atoms with Crippen molar-refractivity contribution in [2.24, 2.45) is 5.92 Å². The van der Waals surface area contributed by atoms with Crippen molar-refractivity contribution in [1.82, 2.24) is 4.90 Å². The summed E-state index contributed by atoms with van der Waals surface area (Å²) in [6.45, 7) is 5.36. The van der Waals surface area contributed by atoms with Gasteiger partial charge in [-0.1, -0.05) is 13.0 Å². The summed E-state index contributed by atoms with van der Waals surface area (Å²) in [5.74, 6) is 2.00. The van der Waals surface area contributed by atoms with Gasteiger partial charge >= 0.3 is 0 Å². The molecule has 1 aliphatic heterocycles. The van der Waals surface area contributed by atoms with Crippen LogP contribution in [0.1, 0.15) is 32.3 Å². The van der Waals surface area contributed by atoms with Crippen molar-refractivity contribution >= 4 is 5.91 Å². The van der Waals surface area contributed by atoms with E-state index >= 15 is 0 Å². The molecule has 1 fully saturated rings. The van der Waals surface area contributed by atoms with Gasteiger partial charge in [0.05, 0.1) is 14.2 Å². The summed E-state index contributed by atoms with van der Waals surface area (Å²) < 4.78 is 16.4. The molecule has 1 amide bonds. The lowest BCUT2D eigenvalue weighted by Crippen LogP contribution is -2.48. The zero-order valence-electron chi connectivity index (χ0n) is 14.5. The number of hydrogen-bond donors (Lipinski definition) is 0. The molecule has 23 heavy (non-hydrogen) atoms. The van der Waals surface area contributed by atoms with Gasteiger partial charge in [-0.15, -0.1) is 0 Å². The Kier molecular flexibility index (Phi) is 6.28. The van der Waals surface area contributed by atoms with Crippen LogP contribution in [0.2, 0.25) is 0 Å². The van der Waals surface area contributed by atoms with Gasteiger partial charge in [0.2, 0.25) is 5.91 Å². The fourth-order valence-corrected chi connectivity index (χ4v) is 3.04. The predicted octanol–water partition coefficient (Wildman–Crippen LogP) is 2.87. The third kappa shape index (κ3) is 4.38. The molecule has 128 valence electrons. The highest BCUT2D eigenvalue weighted by atomic mass is 16.5. The second-order valence-electron chi connectivity index (χ2n) is 5.98. The van der Waals surface area contributed by atoms with E-state index in [1.54, 1.807) is 14.2 Å². The lowest BCUT2D eigenvalue weighted by atomic mass is 9.96. The van der Waals surface area contributed by atoms with Crippen LogP contribution in [0.25, 0.3) is 0 Å². The summed E-state index contributed by atoms with van der Waals surface area (Å²) in [7, 11) is 3.25. The minimum atomic E-state index is -0.101. The van der Waals surface area contributed by atoms with Crippen molar-refractivity contribution in [3.05, 3.63) is 23.8 Å². The summed E-state index contributed by atoms with van der Waals surface area (Å²) in [6.07, 6.45) is 2.18. The van der Waals surface area contributed by atoms with E-state index in [0.717, 1.165) is 18.4 Å². The second-order valence-corrected chi connectivity index (χ2v) is 5.98. The zero-order chi connectivity index (χ0) is 16.8. The molecular weight excluding hydrogens is 294 g/mol. The molecule has 2 atom stereocenters. The Balaban J connectivity index is 2.04. The van der Waals surface area contributed by atoms with E-state index < -0.39 is 0 Å². The topological polar surface area (TPSA) is 48.0 Å². The molecular formula is C18H27NO4. The number of amides is 1. The maximum absolute atomic E-state index is 12.3. The number of ether oxygens (including phenoxy) is 3. The fraction of sp³-hybridized carbons (Fsp3) is 0.611. The van der Waals surface area contributed by atoms with Crippen LogP contribution in [0.3, 0.4) is 0 Å². The lowest BCUT2D eigenvalue weighted by Gasteiger charge is -2.38. The Morgan fingerprint density at radius 3 is 2.61 bits per heavy atom. The molecule has 1 aromatic carbocycles.